The lowest BCUT2D eigenvalue weighted by Gasteiger charge is -2.09. The van der Waals surface area contributed by atoms with Crippen LogP contribution in [0.5, 0.6) is 0 Å². The van der Waals surface area contributed by atoms with Gasteiger partial charge in [0.05, 0.1) is 5.56 Å². The summed E-state index contributed by atoms with van der Waals surface area (Å²) in [6.07, 6.45) is -2.41. The second-order valence-electron chi connectivity index (χ2n) is 3.91. The van der Waals surface area contributed by atoms with Crippen LogP contribution < -0.4 is 0 Å². The van der Waals surface area contributed by atoms with Crippen LogP contribution in [0.4, 0.5) is 13.2 Å². The van der Waals surface area contributed by atoms with E-state index in [0.717, 1.165) is 12.1 Å². The Morgan fingerprint density at radius 3 is 2.24 bits per heavy atom. The molecule has 0 aliphatic heterocycles. The third-order valence-corrected chi connectivity index (χ3v) is 2.25. The second-order valence-corrected chi connectivity index (χ2v) is 3.91. The molecule has 1 unspecified atom stereocenters. The molecule has 2 nitrogen and oxygen atoms in total. The maximum atomic E-state index is 13.4. The molecule has 17 heavy (non-hydrogen) atoms. The number of carbonyl (C=O) groups is 2. The van der Waals surface area contributed by atoms with Crippen molar-refractivity contribution in [3.05, 3.63) is 35.4 Å². The Kier molecular flexibility index (Phi) is 4.04. The van der Waals surface area contributed by atoms with E-state index in [-0.39, 0.29) is 0 Å². The Balaban J connectivity index is 3.01. The maximum absolute atomic E-state index is 13.4. The molecule has 1 aromatic rings. The Morgan fingerprint density at radius 2 is 1.76 bits per heavy atom. The van der Waals surface area contributed by atoms with Gasteiger partial charge in [-0.2, -0.15) is 0 Å². The van der Waals surface area contributed by atoms with Crippen molar-refractivity contribution >= 4 is 11.6 Å². The number of carbonyl (C=O) groups excluding carboxylic acids is 2. The molecule has 0 heterocycles. The van der Waals surface area contributed by atoms with E-state index in [1.807, 2.05) is 0 Å². The first-order chi connectivity index (χ1) is 7.84. The molecule has 0 saturated heterocycles. The first kappa shape index (κ1) is 13.4. The molecule has 0 aliphatic carbocycles. The highest BCUT2D eigenvalue weighted by Crippen LogP contribution is 2.15. The normalized spacial score (nSPS) is 12.6. The Morgan fingerprint density at radius 1 is 1.18 bits per heavy atom. The molecule has 0 aromatic heterocycles. The van der Waals surface area contributed by atoms with Crippen molar-refractivity contribution in [2.75, 3.05) is 0 Å². The fraction of sp³-hybridized carbons (Fsp3) is 0.333. The van der Waals surface area contributed by atoms with Crippen molar-refractivity contribution in [1.82, 2.24) is 0 Å². The van der Waals surface area contributed by atoms with Crippen LogP contribution in [0.1, 0.15) is 24.2 Å². The predicted molar refractivity (Wildman–Crippen MR) is 55.4 cm³/mol. The fourth-order valence-electron chi connectivity index (χ4n) is 1.25. The number of ketones is 2. The molecule has 0 amide bonds. The number of hydrogen-bond acceptors (Lipinski definition) is 2. The highest BCUT2D eigenvalue weighted by Gasteiger charge is 2.30. The van der Waals surface area contributed by atoms with Crippen molar-refractivity contribution < 1.29 is 22.8 Å². The van der Waals surface area contributed by atoms with Gasteiger partial charge >= 0.3 is 0 Å². The van der Waals surface area contributed by atoms with E-state index in [0.29, 0.717) is 6.07 Å². The smallest absolute Gasteiger partial charge is 0.221 e. The van der Waals surface area contributed by atoms with Gasteiger partial charge in [-0.05, 0) is 12.1 Å². The highest BCUT2D eigenvalue weighted by molar-refractivity contribution is 6.13. The van der Waals surface area contributed by atoms with Gasteiger partial charge in [0.1, 0.15) is 11.6 Å². The van der Waals surface area contributed by atoms with E-state index in [9.17, 15) is 22.8 Å². The van der Waals surface area contributed by atoms with Gasteiger partial charge in [-0.3, -0.25) is 9.59 Å². The Bertz CT molecular complexity index is 455. The van der Waals surface area contributed by atoms with Crippen molar-refractivity contribution in [3.63, 3.8) is 0 Å². The minimum atomic E-state index is -2.41. The summed E-state index contributed by atoms with van der Waals surface area (Å²) in [7, 11) is 0. The van der Waals surface area contributed by atoms with Crippen LogP contribution in [-0.4, -0.2) is 17.7 Å². The van der Waals surface area contributed by atoms with Gasteiger partial charge in [0.2, 0.25) is 12.0 Å². The van der Waals surface area contributed by atoms with Gasteiger partial charge in [-0.1, -0.05) is 13.8 Å². The van der Waals surface area contributed by atoms with Gasteiger partial charge in [0.25, 0.3) is 0 Å². The van der Waals surface area contributed by atoms with Crippen LogP contribution in [0.15, 0.2) is 18.2 Å². The molecular weight excluding hydrogens is 233 g/mol. The molecule has 0 spiro atoms. The van der Waals surface area contributed by atoms with Gasteiger partial charge < -0.3 is 0 Å². The predicted octanol–water partition coefficient (Wildman–Crippen LogP) is 2.71. The van der Waals surface area contributed by atoms with E-state index in [4.69, 9.17) is 0 Å². The van der Waals surface area contributed by atoms with Crippen LogP contribution >= 0.6 is 0 Å². The average Bonchev–Trinajstić information content (AvgIpc) is 2.26. The molecule has 0 bridgehead atoms. The summed E-state index contributed by atoms with van der Waals surface area (Å²) < 4.78 is 39.2. The second kappa shape index (κ2) is 5.12. The molecule has 1 atom stereocenters. The van der Waals surface area contributed by atoms with Crippen molar-refractivity contribution in [1.29, 1.82) is 0 Å². The summed E-state index contributed by atoms with van der Waals surface area (Å²) in [6.45, 7) is 2.87. The number of halogens is 3. The topological polar surface area (TPSA) is 34.1 Å². The number of hydrogen-bond donors (Lipinski definition) is 0. The van der Waals surface area contributed by atoms with E-state index in [1.165, 1.54) is 13.8 Å². The summed E-state index contributed by atoms with van der Waals surface area (Å²) in [5, 5.41) is 0. The van der Waals surface area contributed by atoms with E-state index in [1.54, 1.807) is 0 Å². The van der Waals surface area contributed by atoms with Crippen LogP contribution in [-0.2, 0) is 4.79 Å². The molecule has 0 aliphatic rings. The van der Waals surface area contributed by atoms with Crippen LogP contribution in [0.2, 0.25) is 0 Å². The lowest BCUT2D eigenvalue weighted by atomic mass is 9.98. The van der Waals surface area contributed by atoms with E-state index < -0.39 is 40.9 Å². The lowest BCUT2D eigenvalue weighted by molar-refractivity contribution is -0.125. The van der Waals surface area contributed by atoms with Crippen LogP contribution in [0.25, 0.3) is 0 Å². The van der Waals surface area contributed by atoms with Gasteiger partial charge in [-0.15, -0.1) is 0 Å². The summed E-state index contributed by atoms with van der Waals surface area (Å²) in [6, 6.07) is 2.13. The lowest BCUT2D eigenvalue weighted by Crippen LogP contribution is -2.30. The molecule has 92 valence electrons. The van der Waals surface area contributed by atoms with Crippen molar-refractivity contribution in [3.8, 4) is 0 Å². The Labute approximate surface area is 96.4 Å². The molecule has 5 heteroatoms. The number of rotatable bonds is 4. The SMILES string of the molecule is CC(C)C(=O)C(F)C(=O)c1ccc(F)cc1F. The van der Waals surface area contributed by atoms with E-state index >= 15 is 0 Å². The number of Topliss-reactive ketones (excluding diaryl/α,β-unsaturated/α-hetero) is 2. The third kappa shape index (κ3) is 2.93. The molecular formula is C12H11F3O2. The number of alkyl halides is 1. The summed E-state index contributed by atoms with van der Waals surface area (Å²) in [5.74, 6) is -4.91. The minimum Gasteiger partial charge on any atom is -0.296 e. The van der Waals surface area contributed by atoms with Gasteiger partial charge in [-0.25, -0.2) is 13.2 Å². The molecule has 0 saturated carbocycles. The monoisotopic (exact) mass is 244 g/mol. The quantitative estimate of drug-likeness (QED) is 0.602. The summed E-state index contributed by atoms with van der Waals surface area (Å²) in [4.78, 5) is 22.7. The van der Waals surface area contributed by atoms with Crippen molar-refractivity contribution in [2.45, 2.75) is 20.0 Å². The van der Waals surface area contributed by atoms with Crippen LogP contribution in [0, 0.1) is 17.6 Å². The molecule has 0 N–H and O–H groups in total. The maximum Gasteiger partial charge on any atom is 0.221 e. The highest BCUT2D eigenvalue weighted by atomic mass is 19.1. The third-order valence-electron chi connectivity index (χ3n) is 2.25. The minimum absolute atomic E-state index is 0.472. The first-order valence-electron chi connectivity index (χ1n) is 5.01. The molecule has 1 aromatic carbocycles. The zero-order valence-corrected chi connectivity index (χ0v) is 9.34. The van der Waals surface area contributed by atoms with Crippen LogP contribution in [0.3, 0.4) is 0 Å². The van der Waals surface area contributed by atoms with Crippen molar-refractivity contribution in [2.24, 2.45) is 5.92 Å². The first-order valence-corrected chi connectivity index (χ1v) is 5.01. The average molecular weight is 244 g/mol. The number of benzene rings is 1. The van der Waals surface area contributed by atoms with Gasteiger partial charge in [0.15, 0.2) is 5.78 Å². The molecule has 0 fully saturated rings. The fourth-order valence-corrected chi connectivity index (χ4v) is 1.25. The summed E-state index contributed by atoms with van der Waals surface area (Å²) in [5.41, 5.74) is -0.618. The molecule has 0 radical (unpaired) electrons. The van der Waals surface area contributed by atoms with E-state index in [2.05, 4.69) is 0 Å². The zero-order chi connectivity index (χ0) is 13.2. The van der Waals surface area contributed by atoms with Gasteiger partial charge in [0, 0.05) is 12.0 Å². The standard InChI is InChI=1S/C12H11F3O2/c1-6(2)11(16)10(15)12(17)8-4-3-7(13)5-9(8)14/h3-6,10H,1-2H3. The Hall–Kier alpha value is -1.65. The summed E-state index contributed by atoms with van der Waals surface area (Å²) >= 11 is 0. The largest absolute Gasteiger partial charge is 0.296 e. The zero-order valence-electron chi connectivity index (χ0n) is 9.34. The molecule has 1 rings (SSSR count).